The summed E-state index contributed by atoms with van der Waals surface area (Å²) in [5.74, 6) is 0.365. The first-order chi connectivity index (χ1) is 11.5. The zero-order valence-corrected chi connectivity index (χ0v) is 14.0. The average Bonchev–Trinajstić information content (AvgIpc) is 2.55. The number of halogens is 1. The zero-order chi connectivity index (χ0) is 17.1. The Kier molecular flexibility index (Phi) is 4.49. The van der Waals surface area contributed by atoms with Crippen molar-refractivity contribution in [3.8, 4) is 11.3 Å². The minimum absolute atomic E-state index is 0.365. The minimum atomic E-state index is 0.365. The maximum absolute atomic E-state index is 6.27. The molecule has 2 aromatic carbocycles. The molecule has 0 saturated heterocycles. The van der Waals surface area contributed by atoms with Crippen molar-refractivity contribution in [2.45, 2.75) is 6.92 Å². The van der Waals surface area contributed by atoms with Gasteiger partial charge in [0.1, 0.15) is 5.84 Å². The molecule has 1 heterocycles. The fraction of sp³-hybridized carbons (Fsp3) is 0.0526. The monoisotopic (exact) mass is 336 g/mol. The highest BCUT2D eigenvalue weighted by molar-refractivity contribution is 6.33. The minimum Gasteiger partial charge on any atom is -0.398 e. The molecule has 0 bridgehead atoms. The zero-order valence-electron chi connectivity index (χ0n) is 13.2. The average molecular weight is 337 g/mol. The van der Waals surface area contributed by atoms with Crippen LogP contribution in [0.2, 0.25) is 5.02 Å². The molecule has 0 aliphatic rings. The Labute approximate surface area is 145 Å². The molecule has 3 aromatic rings. The molecule has 1 aromatic heterocycles. The van der Waals surface area contributed by atoms with Crippen LogP contribution < -0.4 is 11.5 Å². The van der Waals surface area contributed by atoms with Crippen molar-refractivity contribution in [1.82, 2.24) is 4.98 Å². The predicted octanol–water partition coefficient (Wildman–Crippen LogP) is 4.33. The van der Waals surface area contributed by atoms with Crippen LogP contribution in [-0.2, 0) is 0 Å². The Morgan fingerprint density at radius 1 is 1.04 bits per heavy atom. The van der Waals surface area contributed by atoms with E-state index in [-0.39, 0.29) is 0 Å². The lowest BCUT2D eigenvalue weighted by Gasteiger charge is -2.08. The molecular formula is C19H17ClN4. The number of pyridine rings is 1. The van der Waals surface area contributed by atoms with Crippen molar-refractivity contribution in [3.05, 3.63) is 76.9 Å². The first kappa shape index (κ1) is 16.0. The highest BCUT2D eigenvalue weighted by Gasteiger charge is 2.08. The van der Waals surface area contributed by atoms with E-state index in [4.69, 9.17) is 23.1 Å². The van der Waals surface area contributed by atoms with Crippen molar-refractivity contribution in [2.75, 3.05) is 5.73 Å². The Morgan fingerprint density at radius 3 is 2.50 bits per heavy atom. The SMILES string of the molecule is Cc1cc(N=C(N)c2ccccc2N)cc(-c2ccccc2Cl)n1. The fourth-order valence-corrected chi connectivity index (χ4v) is 2.68. The fourth-order valence-electron chi connectivity index (χ4n) is 2.45. The van der Waals surface area contributed by atoms with Gasteiger partial charge in [0.05, 0.1) is 11.4 Å². The number of amidine groups is 1. The van der Waals surface area contributed by atoms with Crippen LogP contribution in [0.25, 0.3) is 11.3 Å². The van der Waals surface area contributed by atoms with Crippen molar-refractivity contribution in [1.29, 1.82) is 0 Å². The number of nitrogens with zero attached hydrogens (tertiary/aromatic N) is 2. The molecule has 24 heavy (non-hydrogen) atoms. The maximum atomic E-state index is 6.27. The molecule has 5 heteroatoms. The molecule has 4 N–H and O–H groups in total. The van der Waals surface area contributed by atoms with E-state index in [9.17, 15) is 0 Å². The van der Waals surface area contributed by atoms with Crippen LogP contribution in [0.3, 0.4) is 0 Å². The molecule has 0 saturated carbocycles. The molecule has 120 valence electrons. The second kappa shape index (κ2) is 6.72. The van der Waals surface area contributed by atoms with Gasteiger partial charge in [-0.25, -0.2) is 4.99 Å². The van der Waals surface area contributed by atoms with Crippen LogP contribution in [0.4, 0.5) is 11.4 Å². The number of para-hydroxylation sites is 1. The largest absolute Gasteiger partial charge is 0.398 e. The third-order valence-corrected chi connectivity index (χ3v) is 3.90. The van der Waals surface area contributed by atoms with Gasteiger partial charge in [0.15, 0.2) is 0 Å². The molecule has 0 aliphatic heterocycles. The topological polar surface area (TPSA) is 77.3 Å². The van der Waals surface area contributed by atoms with E-state index in [1.54, 1.807) is 6.07 Å². The Hall–Kier alpha value is -2.85. The lowest BCUT2D eigenvalue weighted by molar-refractivity contribution is 1.20. The summed E-state index contributed by atoms with van der Waals surface area (Å²) in [5.41, 5.74) is 16.5. The standard InChI is InChI=1S/C19H17ClN4/c1-12-10-13(24-19(22)15-7-3-5-9-17(15)21)11-18(23-12)14-6-2-4-8-16(14)20/h2-11H,21H2,1H3,(H2,22,23,24). The van der Waals surface area contributed by atoms with Crippen LogP contribution in [0.5, 0.6) is 0 Å². The smallest absolute Gasteiger partial charge is 0.133 e. The predicted molar refractivity (Wildman–Crippen MR) is 101 cm³/mol. The molecule has 0 atom stereocenters. The van der Waals surface area contributed by atoms with E-state index >= 15 is 0 Å². The summed E-state index contributed by atoms with van der Waals surface area (Å²) in [4.78, 5) is 9.04. The Morgan fingerprint density at radius 2 is 1.75 bits per heavy atom. The molecule has 4 nitrogen and oxygen atoms in total. The summed E-state index contributed by atoms with van der Waals surface area (Å²) in [6, 6.07) is 18.7. The second-order valence-electron chi connectivity index (χ2n) is 5.42. The number of aromatic nitrogens is 1. The van der Waals surface area contributed by atoms with E-state index in [0.29, 0.717) is 27.8 Å². The number of nitrogen functional groups attached to an aromatic ring is 1. The van der Waals surface area contributed by atoms with Crippen LogP contribution in [-0.4, -0.2) is 10.8 Å². The van der Waals surface area contributed by atoms with E-state index in [1.165, 1.54) is 0 Å². The van der Waals surface area contributed by atoms with Crippen LogP contribution >= 0.6 is 11.6 Å². The van der Waals surface area contributed by atoms with Crippen LogP contribution in [0.1, 0.15) is 11.3 Å². The van der Waals surface area contributed by atoms with E-state index in [0.717, 1.165) is 17.0 Å². The quantitative estimate of drug-likeness (QED) is 0.424. The summed E-state index contributed by atoms with van der Waals surface area (Å²) in [5, 5.41) is 0.644. The number of aliphatic imine (C=N–C) groups is 1. The summed E-state index contributed by atoms with van der Waals surface area (Å²) < 4.78 is 0. The Balaban J connectivity index is 2.05. The van der Waals surface area contributed by atoms with Gasteiger partial charge < -0.3 is 11.5 Å². The van der Waals surface area contributed by atoms with E-state index in [2.05, 4.69) is 9.98 Å². The third kappa shape index (κ3) is 3.39. The van der Waals surface area contributed by atoms with Gasteiger partial charge in [-0.1, -0.05) is 41.9 Å². The highest BCUT2D eigenvalue weighted by atomic mass is 35.5. The summed E-state index contributed by atoms with van der Waals surface area (Å²) in [7, 11) is 0. The van der Waals surface area contributed by atoms with Gasteiger partial charge >= 0.3 is 0 Å². The highest BCUT2D eigenvalue weighted by Crippen LogP contribution is 2.29. The molecule has 0 fully saturated rings. The summed E-state index contributed by atoms with van der Waals surface area (Å²) >= 11 is 6.27. The number of aryl methyl sites for hydroxylation is 1. The number of anilines is 1. The molecular weight excluding hydrogens is 320 g/mol. The van der Waals surface area contributed by atoms with Gasteiger partial charge in [-0.2, -0.15) is 0 Å². The van der Waals surface area contributed by atoms with Crippen molar-refractivity contribution in [3.63, 3.8) is 0 Å². The third-order valence-electron chi connectivity index (χ3n) is 3.57. The van der Waals surface area contributed by atoms with Crippen LogP contribution in [0.15, 0.2) is 65.7 Å². The molecule has 0 unspecified atom stereocenters. The molecule has 3 rings (SSSR count). The maximum Gasteiger partial charge on any atom is 0.133 e. The first-order valence-corrected chi connectivity index (χ1v) is 7.85. The number of hydrogen-bond acceptors (Lipinski definition) is 3. The number of nitrogens with two attached hydrogens (primary N) is 2. The van der Waals surface area contributed by atoms with Crippen molar-refractivity contribution < 1.29 is 0 Å². The van der Waals surface area contributed by atoms with Gasteiger partial charge in [0.2, 0.25) is 0 Å². The van der Waals surface area contributed by atoms with Gasteiger partial charge in [0, 0.05) is 27.5 Å². The van der Waals surface area contributed by atoms with Crippen molar-refractivity contribution in [2.24, 2.45) is 10.7 Å². The summed E-state index contributed by atoms with van der Waals surface area (Å²) in [6.45, 7) is 1.91. The number of hydrogen-bond donors (Lipinski definition) is 2. The number of rotatable bonds is 3. The summed E-state index contributed by atoms with van der Waals surface area (Å²) in [6.07, 6.45) is 0. The van der Waals surface area contributed by atoms with Crippen LogP contribution in [0, 0.1) is 6.92 Å². The molecule has 0 radical (unpaired) electrons. The lowest BCUT2D eigenvalue weighted by Crippen LogP contribution is -2.14. The molecule has 0 aliphatic carbocycles. The van der Waals surface area contributed by atoms with E-state index < -0.39 is 0 Å². The normalized spacial score (nSPS) is 11.5. The van der Waals surface area contributed by atoms with Crippen molar-refractivity contribution >= 4 is 28.8 Å². The molecule has 0 amide bonds. The van der Waals surface area contributed by atoms with Gasteiger partial charge in [-0.05, 0) is 37.3 Å². The van der Waals surface area contributed by atoms with Gasteiger partial charge in [-0.15, -0.1) is 0 Å². The Bertz CT molecular complexity index is 919. The van der Waals surface area contributed by atoms with E-state index in [1.807, 2.05) is 61.5 Å². The number of benzene rings is 2. The second-order valence-corrected chi connectivity index (χ2v) is 5.82. The van der Waals surface area contributed by atoms with Gasteiger partial charge in [0.25, 0.3) is 0 Å². The lowest BCUT2D eigenvalue weighted by atomic mass is 10.1. The first-order valence-electron chi connectivity index (χ1n) is 7.47. The molecule has 0 spiro atoms. The van der Waals surface area contributed by atoms with Gasteiger partial charge in [-0.3, -0.25) is 4.98 Å².